The fourth-order valence-corrected chi connectivity index (χ4v) is 4.62. The Kier molecular flexibility index (Phi) is 7.50. The number of non-ortho nitro benzene ring substituents is 1. The summed E-state index contributed by atoms with van der Waals surface area (Å²) in [5.74, 6) is -0.924. The number of hydrogen-bond donors (Lipinski definition) is 1. The van der Waals surface area contributed by atoms with Gasteiger partial charge in [-0.05, 0) is 44.2 Å². The number of nitrogens with one attached hydrogen (secondary N) is 1. The number of hydrogen-bond acceptors (Lipinski definition) is 9. The van der Waals surface area contributed by atoms with Gasteiger partial charge in [0.25, 0.3) is 17.2 Å². The average Bonchev–Trinajstić information content (AvgIpc) is 3.29. The van der Waals surface area contributed by atoms with Crippen molar-refractivity contribution in [1.82, 2.24) is 9.78 Å². The molecule has 0 atom stereocenters. The van der Waals surface area contributed by atoms with Gasteiger partial charge in [-0.2, -0.15) is 9.78 Å². The van der Waals surface area contributed by atoms with E-state index in [1.165, 1.54) is 17.5 Å². The number of fused-ring (bicyclic) bond motifs is 1. The van der Waals surface area contributed by atoms with Gasteiger partial charge in [0.05, 0.1) is 39.8 Å². The summed E-state index contributed by atoms with van der Waals surface area (Å²) in [6.07, 6.45) is 0. The third-order valence-corrected chi connectivity index (χ3v) is 6.37. The van der Waals surface area contributed by atoms with Gasteiger partial charge in [-0.25, -0.2) is 4.79 Å². The summed E-state index contributed by atoms with van der Waals surface area (Å²) in [6.45, 7) is 4.03. The topological polar surface area (TPSA) is 143 Å². The summed E-state index contributed by atoms with van der Waals surface area (Å²) >= 11 is 7.09. The molecule has 0 spiro atoms. The molecular weight excluding hydrogens is 524 g/mol. The van der Waals surface area contributed by atoms with E-state index in [9.17, 15) is 24.5 Å². The van der Waals surface area contributed by atoms with Gasteiger partial charge in [-0.3, -0.25) is 19.7 Å². The summed E-state index contributed by atoms with van der Waals surface area (Å²) in [5, 5.41) is 19.8. The Bertz CT molecular complexity index is 1580. The molecule has 0 saturated carbocycles. The van der Waals surface area contributed by atoms with Crippen molar-refractivity contribution in [2.45, 2.75) is 13.8 Å². The molecule has 2 aromatic carbocycles. The zero-order valence-electron chi connectivity index (χ0n) is 19.5. The number of nitro benzene ring substituents is 1. The number of aromatic nitrogens is 2. The van der Waals surface area contributed by atoms with E-state index in [0.29, 0.717) is 18.0 Å². The monoisotopic (exact) mass is 542 g/mol. The van der Waals surface area contributed by atoms with E-state index in [4.69, 9.17) is 21.1 Å². The van der Waals surface area contributed by atoms with Crippen molar-refractivity contribution in [3.8, 4) is 11.4 Å². The number of anilines is 1. The largest absolute Gasteiger partial charge is 0.494 e. The number of thiophene rings is 1. The van der Waals surface area contributed by atoms with E-state index < -0.39 is 22.4 Å². The number of amides is 1. The number of benzene rings is 2. The van der Waals surface area contributed by atoms with E-state index in [-0.39, 0.29) is 44.3 Å². The lowest BCUT2D eigenvalue weighted by atomic mass is 10.1. The molecule has 0 bridgehead atoms. The number of rotatable bonds is 8. The van der Waals surface area contributed by atoms with Crippen LogP contribution in [0.3, 0.4) is 0 Å². The molecule has 4 rings (SSSR count). The second-order valence-corrected chi connectivity index (χ2v) is 8.73. The lowest BCUT2D eigenvalue weighted by molar-refractivity contribution is -0.384. The molecule has 0 aliphatic rings. The molecule has 1 N–H and O–H groups in total. The fourth-order valence-electron chi connectivity index (χ4n) is 3.49. The van der Waals surface area contributed by atoms with Gasteiger partial charge < -0.3 is 14.8 Å². The summed E-state index contributed by atoms with van der Waals surface area (Å²) in [7, 11) is 0. The molecule has 0 aliphatic carbocycles. The minimum absolute atomic E-state index is 0.00959. The number of carbonyl (C=O) groups is 2. The summed E-state index contributed by atoms with van der Waals surface area (Å²) in [4.78, 5) is 49.7. The molecule has 190 valence electrons. The van der Waals surface area contributed by atoms with Crippen LogP contribution < -0.4 is 15.6 Å². The van der Waals surface area contributed by atoms with E-state index in [1.54, 1.807) is 31.2 Å². The third-order valence-electron chi connectivity index (χ3n) is 5.15. The molecule has 37 heavy (non-hydrogen) atoms. The standard InChI is InChI=1S/C24H19ClN4O7S/c1-3-35-15-8-5-13(6-9-15)28-23(31)19-17(20(27-28)24(32)36-4-2)12-37-22(19)26-21(30)16-11-14(29(33)34)7-10-18(16)25/h5-12H,3-4H2,1-2H3,(H,26,30). The van der Waals surface area contributed by atoms with Crippen molar-refractivity contribution in [3.63, 3.8) is 0 Å². The van der Waals surface area contributed by atoms with Crippen LogP contribution in [0, 0.1) is 10.1 Å². The van der Waals surface area contributed by atoms with Crippen molar-refractivity contribution in [2.75, 3.05) is 18.5 Å². The summed E-state index contributed by atoms with van der Waals surface area (Å²) in [5.41, 5.74) is -0.836. The van der Waals surface area contributed by atoms with Gasteiger partial charge in [0.1, 0.15) is 10.8 Å². The van der Waals surface area contributed by atoms with E-state index in [1.807, 2.05) is 6.92 Å². The Morgan fingerprint density at radius 1 is 1.16 bits per heavy atom. The van der Waals surface area contributed by atoms with E-state index in [0.717, 1.165) is 22.1 Å². The van der Waals surface area contributed by atoms with Crippen LogP contribution >= 0.6 is 22.9 Å². The fraction of sp³-hybridized carbons (Fsp3) is 0.167. The molecule has 0 unspecified atom stereocenters. The molecule has 0 fully saturated rings. The van der Waals surface area contributed by atoms with Crippen molar-refractivity contribution >= 4 is 56.3 Å². The van der Waals surface area contributed by atoms with Crippen molar-refractivity contribution in [3.05, 3.63) is 84.6 Å². The maximum Gasteiger partial charge on any atom is 0.359 e. The molecule has 2 aromatic heterocycles. The molecule has 13 heteroatoms. The van der Waals surface area contributed by atoms with Gasteiger partial charge in [-0.15, -0.1) is 11.3 Å². The SMILES string of the molecule is CCOC(=O)c1nn(-c2ccc(OCC)cc2)c(=O)c2c(NC(=O)c3cc([N+](=O)[O-])ccc3Cl)scc12. The zero-order valence-corrected chi connectivity index (χ0v) is 21.1. The number of carbonyl (C=O) groups excluding carboxylic acids is 2. The summed E-state index contributed by atoms with van der Waals surface area (Å²) in [6, 6.07) is 9.97. The second-order valence-electron chi connectivity index (χ2n) is 7.44. The number of nitro groups is 1. The lowest BCUT2D eigenvalue weighted by Crippen LogP contribution is -2.25. The minimum Gasteiger partial charge on any atom is -0.494 e. The van der Waals surface area contributed by atoms with Crippen LogP contribution in [-0.4, -0.2) is 39.8 Å². The number of halogens is 1. The maximum atomic E-state index is 13.5. The molecule has 0 saturated heterocycles. The lowest BCUT2D eigenvalue weighted by Gasteiger charge is -2.11. The third kappa shape index (κ3) is 5.15. The number of esters is 1. The van der Waals surface area contributed by atoms with Crippen LogP contribution in [0.1, 0.15) is 34.7 Å². The quantitative estimate of drug-likeness (QED) is 0.189. The van der Waals surface area contributed by atoms with Crippen LogP contribution in [0.15, 0.2) is 52.6 Å². The van der Waals surface area contributed by atoms with Crippen LogP contribution in [0.5, 0.6) is 5.75 Å². The minimum atomic E-state index is -0.765. The van der Waals surface area contributed by atoms with Gasteiger partial charge in [0, 0.05) is 22.9 Å². The van der Waals surface area contributed by atoms with Crippen LogP contribution in [-0.2, 0) is 4.74 Å². The Balaban J connectivity index is 1.84. The van der Waals surface area contributed by atoms with Gasteiger partial charge in [0.15, 0.2) is 5.69 Å². The highest BCUT2D eigenvalue weighted by molar-refractivity contribution is 7.16. The molecule has 0 aliphatic heterocycles. The second kappa shape index (κ2) is 10.8. The van der Waals surface area contributed by atoms with Crippen LogP contribution in [0.2, 0.25) is 5.02 Å². The van der Waals surface area contributed by atoms with Crippen LogP contribution in [0.25, 0.3) is 16.5 Å². The molecule has 4 aromatic rings. The van der Waals surface area contributed by atoms with Crippen molar-refractivity contribution < 1.29 is 24.0 Å². The first-order valence-corrected chi connectivity index (χ1v) is 12.2. The first-order chi connectivity index (χ1) is 17.7. The van der Waals surface area contributed by atoms with Crippen molar-refractivity contribution in [2.24, 2.45) is 0 Å². The Hall–Kier alpha value is -4.29. The molecule has 1 amide bonds. The molecule has 2 heterocycles. The number of ether oxygens (including phenoxy) is 2. The molecule has 0 radical (unpaired) electrons. The van der Waals surface area contributed by atoms with Gasteiger partial charge in [0.2, 0.25) is 0 Å². The Morgan fingerprint density at radius 3 is 2.54 bits per heavy atom. The Labute approximate surface area is 218 Å². The van der Waals surface area contributed by atoms with E-state index in [2.05, 4.69) is 10.4 Å². The molecular formula is C24H19ClN4O7S. The normalized spacial score (nSPS) is 10.8. The average molecular weight is 543 g/mol. The van der Waals surface area contributed by atoms with E-state index >= 15 is 0 Å². The Morgan fingerprint density at radius 2 is 1.89 bits per heavy atom. The predicted molar refractivity (Wildman–Crippen MR) is 138 cm³/mol. The zero-order chi connectivity index (χ0) is 26.7. The van der Waals surface area contributed by atoms with Gasteiger partial charge >= 0.3 is 5.97 Å². The maximum absolute atomic E-state index is 13.5. The first-order valence-electron chi connectivity index (χ1n) is 10.9. The highest BCUT2D eigenvalue weighted by Gasteiger charge is 2.24. The summed E-state index contributed by atoms with van der Waals surface area (Å²) < 4.78 is 11.6. The highest BCUT2D eigenvalue weighted by Crippen LogP contribution is 2.32. The van der Waals surface area contributed by atoms with Crippen molar-refractivity contribution in [1.29, 1.82) is 0 Å². The van der Waals surface area contributed by atoms with Gasteiger partial charge in [-0.1, -0.05) is 11.6 Å². The molecule has 11 nitrogen and oxygen atoms in total. The van der Waals surface area contributed by atoms with Crippen LogP contribution in [0.4, 0.5) is 10.7 Å². The first kappa shape index (κ1) is 25.8. The smallest absolute Gasteiger partial charge is 0.359 e. The number of nitrogens with zero attached hydrogens (tertiary/aromatic N) is 3. The predicted octanol–water partition coefficient (Wildman–Crippen LogP) is 4.84. The highest BCUT2D eigenvalue weighted by atomic mass is 35.5.